The van der Waals surface area contributed by atoms with Gasteiger partial charge in [-0.25, -0.2) is 0 Å². The zero-order chi connectivity index (χ0) is 14.5. The third-order valence-corrected chi connectivity index (χ3v) is 5.16. The fourth-order valence-electron chi connectivity index (χ4n) is 2.73. The maximum absolute atomic E-state index is 12.3. The summed E-state index contributed by atoms with van der Waals surface area (Å²) in [5.41, 5.74) is 2.47. The summed E-state index contributed by atoms with van der Waals surface area (Å²) in [4.78, 5) is 18.6. The number of carbonyl (C=O) groups excluding carboxylic acids is 1. The average Bonchev–Trinajstić information content (AvgIpc) is 2.88. The predicted octanol–water partition coefficient (Wildman–Crippen LogP) is 3.73. The minimum atomic E-state index is 0.0450. The van der Waals surface area contributed by atoms with Crippen LogP contribution in [0, 0.1) is 0 Å². The zero-order valence-corrected chi connectivity index (χ0v) is 12.9. The number of carbonyl (C=O) groups is 1. The van der Waals surface area contributed by atoms with Crippen LogP contribution in [0.15, 0.2) is 30.6 Å². The Labute approximate surface area is 129 Å². The molecule has 0 radical (unpaired) electrons. The minimum absolute atomic E-state index is 0.0450. The van der Waals surface area contributed by atoms with Crippen molar-refractivity contribution in [2.45, 2.75) is 45.1 Å². The molecular formula is C17H20N2OS. The normalized spacial score (nSPS) is 14.9. The van der Waals surface area contributed by atoms with E-state index in [2.05, 4.69) is 16.4 Å². The third kappa shape index (κ3) is 3.70. The largest absolute Gasteiger partial charge is 0.347 e. The Hall–Kier alpha value is -1.68. The van der Waals surface area contributed by atoms with Crippen LogP contribution in [0.5, 0.6) is 0 Å². The van der Waals surface area contributed by atoms with Gasteiger partial charge in [-0.05, 0) is 55.0 Å². The van der Waals surface area contributed by atoms with Crippen LogP contribution in [0.2, 0.25) is 0 Å². The summed E-state index contributed by atoms with van der Waals surface area (Å²) >= 11 is 1.68. The van der Waals surface area contributed by atoms with Crippen LogP contribution >= 0.6 is 11.3 Å². The van der Waals surface area contributed by atoms with Crippen LogP contribution in [-0.4, -0.2) is 10.9 Å². The summed E-state index contributed by atoms with van der Waals surface area (Å²) in [5, 5.41) is 3.00. The molecule has 0 spiro atoms. The highest BCUT2D eigenvalue weighted by Gasteiger charge is 2.15. The van der Waals surface area contributed by atoms with Gasteiger partial charge in [-0.2, -0.15) is 0 Å². The van der Waals surface area contributed by atoms with E-state index in [1.54, 1.807) is 23.7 Å². The Morgan fingerprint density at radius 1 is 1.14 bits per heavy atom. The van der Waals surface area contributed by atoms with Gasteiger partial charge in [0.1, 0.15) is 0 Å². The lowest BCUT2D eigenvalue weighted by molar-refractivity contribution is 0.0955. The van der Waals surface area contributed by atoms with Crippen LogP contribution in [0.3, 0.4) is 0 Å². The number of nitrogens with one attached hydrogen (secondary N) is 1. The van der Waals surface area contributed by atoms with Crippen molar-refractivity contribution in [3.63, 3.8) is 0 Å². The second-order valence-corrected chi connectivity index (χ2v) is 6.65. The van der Waals surface area contributed by atoms with E-state index in [1.807, 2.05) is 12.1 Å². The van der Waals surface area contributed by atoms with Gasteiger partial charge in [-0.1, -0.05) is 12.8 Å². The summed E-state index contributed by atoms with van der Waals surface area (Å²) in [6.07, 6.45) is 10.9. The lowest BCUT2D eigenvalue weighted by atomic mass is 10.00. The van der Waals surface area contributed by atoms with Crippen molar-refractivity contribution >= 4 is 17.2 Å². The third-order valence-electron chi connectivity index (χ3n) is 3.92. The number of amides is 1. The monoisotopic (exact) mass is 300 g/mol. The van der Waals surface area contributed by atoms with Crippen LogP contribution in [0.25, 0.3) is 0 Å². The molecule has 2 heterocycles. The fourth-order valence-corrected chi connectivity index (χ4v) is 3.90. The van der Waals surface area contributed by atoms with E-state index in [0.717, 1.165) is 23.3 Å². The minimum Gasteiger partial charge on any atom is -0.347 e. The molecule has 0 unspecified atom stereocenters. The summed E-state index contributed by atoms with van der Waals surface area (Å²) in [5.74, 6) is 0.0450. The zero-order valence-electron chi connectivity index (χ0n) is 12.1. The molecule has 0 aliphatic heterocycles. The van der Waals surface area contributed by atoms with Crippen molar-refractivity contribution in [1.82, 2.24) is 10.3 Å². The lowest BCUT2D eigenvalue weighted by Crippen LogP contribution is -2.21. The molecule has 2 aromatic heterocycles. The number of aryl methyl sites for hydroxylation is 2. The maximum Gasteiger partial charge on any atom is 0.261 e. The number of nitrogens with zero attached hydrogens (tertiary/aromatic N) is 1. The van der Waals surface area contributed by atoms with Gasteiger partial charge in [-0.3, -0.25) is 9.78 Å². The van der Waals surface area contributed by atoms with Crippen molar-refractivity contribution in [3.8, 4) is 0 Å². The van der Waals surface area contributed by atoms with Crippen LogP contribution in [-0.2, 0) is 19.4 Å². The number of fused-ring (bicyclic) bond motifs is 1. The van der Waals surface area contributed by atoms with Crippen molar-refractivity contribution in [1.29, 1.82) is 0 Å². The molecule has 3 nitrogen and oxygen atoms in total. The molecule has 1 aliphatic rings. The standard InChI is InChI=1S/C17H20N2OS/c20-17(19-12-13-7-9-18-10-8-13)16-11-14-5-3-1-2-4-6-15(14)21-16/h7-11H,1-6,12H2,(H,19,20). The molecule has 4 heteroatoms. The highest BCUT2D eigenvalue weighted by molar-refractivity contribution is 7.14. The molecule has 0 aromatic carbocycles. The Bertz CT molecular complexity index is 581. The Balaban J connectivity index is 1.66. The summed E-state index contributed by atoms with van der Waals surface area (Å²) in [6, 6.07) is 5.95. The molecule has 0 saturated carbocycles. The predicted molar refractivity (Wildman–Crippen MR) is 85.6 cm³/mol. The van der Waals surface area contributed by atoms with Gasteiger partial charge in [0.15, 0.2) is 0 Å². The van der Waals surface area contributed by atoms with E-state index in [9.17, 15) is 4.79 Å². The van der Waals surface area contributed by atoms with Crippen molar-refractivity contribution in [2.24, 2.45) is 0 Å². The molecule has 1 N–H and O–H groups in total. The molecule has 3 rings (SSSR count). The SMILES string of the molecule is O=C(NCc1ccncc1)c1cc2c(s1)CCCCCC2. The maximum atomic E-state index is 12.3. The van der Waals surface area contributed by atoms with Crippen LogP contribution < -0.4 is 5.32 Å². The summed E-state index contributed by atoms with van der Waals surface area (Å²) in [7, 11) is 0. The lowest BCUT2D eigenvalue weighted by Gasteiger charge is -2.07. The van der Waals surface area contributed by atoms with Gasteiger partial charge in [-0.15, -0.1) is 11.3 Å². The van der Waals surface area contributed by atoms with E-state index in [-0.39, 0.29) is 5.91 Å². The first-order chi connectivity index (χ1) is 10.3. The first-order valence-corrected chi connectivity index (χ1v) is 8.43. The van der Waals surface area contributed by atoms with Gasteiger partial charge in [0, 0.05) is 23.8 Å². The fraction of sp³-hybridized carbons (Fsp3) is 0.412. The number of hydrogen-bond donors (Lipinski definition) is 1. The van der Waals surface area contributed by atoms with E-state index in [0.29, 0.717) is 6.54 Å². The molecule has 1 aliphatic carbocycles. The van der Waals surface area contributed by atoms with Gasteiger partial charge in [0.05, 0.1) is 4.88 Å². The van der Waals surface area contributed by atoms with Gasteiger partial charge in [0.2, 0.25) is 0 Å². The molecular weight excluding hydrogens is 280 g/mol. The molecule has 2 aromatic rings. The van der Waals surface area contributed by atoms with Gasteiger partial charge < -0.3 is 5.32 Å². The van der Waals surface area contributed by atoms with Gasteiger partial charge in [0.25, 0.3) is 5.91 Å². The highest BCUT2D eigenvalue weighted by Crippen LogP contribution is 2.28. The molecule has 0 atom stereocenters. The Morgan fingerprint density at radius 2 is 1.90 bits per heavy atom. The first-order valence-electron chi connectivity index (χ1n) is 7.61. The molecule has 0 saturated heterocycles. The molecule has 110 valence electrons. The van der Waals surface area contributed by atoms with E-state index in [4.69, 9.17) is 0 Å². The number of aromatic nitrogens is 1. The van der Waals surface area contributed by atoms with E-state index in [1.165, 1.54) is 36.1 Å². The number of thiophene rings is 1. The molecule has 0 bridgehead atoms. The smallest absolute Gasteiger partial charge is 0.261 e. The van der Waals surface area contributed by atoms with Crippen molar-refractivity contribution in [2.75, 3.05) is 0 Å². The van der Waals surface area contributed by atoms with Gasteiger partial charge >= 0.3 is 0 Å². The highest BCUT2D eigenvalue weighted by atomic mass is 32.1. The van der Waals surface area contributed by atoms with E-state index < -0.39 is 0 Å². The summed E-state index contributed by atoms with van der Waals surface area (Å²) in [6.45, 7) is 0.559. The molecule has 0 fully saturated rings. The first kappa shape index (κ1) is 14.3. The van der Waals surface area contributed by atoms with Crippen LogP contribution in [0.4, 0.5) is 0 Å². The molecule has 1 amide bonds. The number of hydrogen-bond acceptors (Lipinski definition) is 3. The van der Waals surface area contributed by atoms with Crippen molar-refractivity contribution in [3.05, 3.63) is 51.5 Å². The van der Waals surface area contributed by atoms with E-state index >= 15 is 0 Å². The molecule has 21 heavy (non-hydrogen) atoms. The number of pyridine rings is 1. The van der Waals surface area contributed by atoms with Crippen molar-refractivity contribution < 1.29 is 4.79 Å². The Kier molecular flexibility index (Phi) is 4.65. The topological polar surface area (TPSA) is 42.0 Å². The average molecular weight is 300 g/mol. The van der Waals surface area contributed by atoms with Crippen LogP contribution in [0.1, 0.15) is 51.4 Å². The quantitative estimate of drug-likeness (QED) is 0.938. The Morgan fingerprint density at radius 3 is 2.71 bits per heavy atom. The second-order valence-electron chi connectivity index (χ2n) is 5.51. The second kappa shape index (κ2) is 6.85. The number of rotatable bonds is 3. The summed E-state index contributed by atoms with van der Waals surface area (Å²) < 4.78 is 0.